The molecular weight excluding hydrogens is 274 g/mol. The Bertz CT molecular complexity index is 380. The lowest BCUT2D eigenvalue weighted by Gasteiger charge is -2.39. The summed E-state index contributed by atoms with van der Waals surface area (Å²) in [5.41, 5.74) is 0.350. The molecule has 1 aliphatic rings. The lowest BCUT2D eigenvalue weighted by molar-refractivity contribution is 0.167. The molecule has 1 aromatic rings. The van der Waals surface area contributed by atoms with Crippen LogP contribution in [0.2, 0.25) is 0 Å². The van der Waals surface area contributed by atoms with Gasteiger partial charge in [0.15, 0.2) is 0 Å². The molecule has 0 aliphatic heterocycles. The number of hydrogen-bond acceptors (Lipinski definition) is 2. The molecule has 1 nitrogen and oxygen atoms in total. The topological polar surface area (TPSA) is 12.9 Å². The SMILES string of the molecule is CCCCC1CCC(CCl)(Cc2cnc(C)s2)CC1. The quantitative estimate of drug-likeness (QED) is 0.623. The smallest absolute Gasteiger partial charge is 0.0896 e. The van der Waals surface area contributed by atoms with E-state index < -0.39 is 0 Å². The van der Waals surface area contributed by atoms with Gasteiger partial charge in [0, 0.05) is 17.0 Å². The lowest BCUT2D eigenvalue weighted by atomic mass is 9.68. The first kappa shape index (κ1) is 15.3. The van der Waals surface area contributed by atoms with Crippen LogP contribution in [0.25, 0.3) is 0 Å². The highest BCUT2D eigenvalue weighted by atomic mass is 35.5. The highest BCUT2D eigenvalue weighted by Crippen LogP contribution is 2.44. The molecule has 1 fully saturated rings. The Hall–Kier alpha value is -0.0800. The summed E-state index contributed by atoms with van der Waals surface area (Å²) in [7, 11) is 0. The fourth-order valence-electron chi connectivity index (χ4n) is 3.29. The van der Waals surface area contributed by atoms with Crippen molar-refractivity contribution in [1.29, 1.82) is 0 Å². The van der Waals surface area contributed by atoms with Crippen LogP contribution in [0.3, 0.4) is 0 Å². The summed E-state index contributed by atoms with van der Waals surface area (Å²) in [5, 5.41) is 1.18. The van der Waals surface area contributed by atoms with Gasteiger partial charge in [-0.15, -0.1) is 22.9 Å². The van der Waals surface area contributed by atoms with Gasteiger partial charge in [0.05, 0.1) is 5.01 Å². The Labute approximate surface area is 126 Å². The van der Waals surface area contributed by atoms with Crippen molar-refractivity contribution < 1.29 is 0 Å². The molecule has 0 bridgehead atoms. The average Bonchev–Trinajstić information content (AvgIpc) is 2.83. The zero-order valence-corrected chi connectivity index (χ0v) is 13.8. The van der Waals surface area contributed by atoms with Crippen molar-refractivity contribution in [2.45, 2.75) is 65.2 Å². The molecule has 2 rings (SSSR count). The Balaban J connectivity index is 1.90. The van der Waals surface area contributed by atoms with E-state index in [1.54, 1.807) is 0 Å². The molecule has 19 heavy (non-hydrogen) atoms. The van der Waals surface area contributed by atoms with Gasteiger partial charge in [-0.25, -0.2) is 4.98 Å². The highest BCUT2D eigenvalue weighted by molar-refractivity contribution is 7.11. The molecule has 0 spiro atoms. The third kappa shape index (κ3) is 4.19. The van der Waals surface area contributed by atoms with Crippen LogP contribution < -0.4 is 0 Å². The molecule has 0 atom stereocenters. The van der Waals surface area contributed by atoms with Crippen LogP contribution in [0.15, 0.2) is 6.20 Å². The first-order valence-corrected chi connectivity index (χ1v) is 9.00. The minimum absolute atomic E-state index is 0.350. The van der Waals surface area contributed by atoms with Crippen molar-refractivity contribution in [2.75, 3.05) is 5.88 Å². The van der Waals surface area contributed by atoms with Crippen molar-refractivity contribution in [3.63, 3.8) is 0 Å². The van der Waals surface area contributed by atoms with Gasteiger partial charge < -0.3 is 0 Å². The molecule has 0 amide bonds. The highest BCUT2D eigenvalue weighted by Gasteiger charge is 2.35. The Morgan fingerprint density at radius 1 is 1.42 bits per heavy atom. The van der Waals surface area contributed by atoms with Crippen molar-refractivity contribution in [2.24, 2.45) is 11.3 Å². The minimum Gasteiger partial charge on any atom is -0.250 e. The molecule has 1 heterocycles. The first-order valence-electron chi connectivity index (χ1n) is 7.65. The van der Waals surface area contributed by atoms with E-state index in [1.807, 2.05) is 11.3 Å². The van der Waals surface area contributed by atoms with Crippen molar-refractivity contribution in [1.82, 2.24) is 4.98 Å². The molecule has 0 aromatic carbocycles. The van der Waals surface area contributed by atoms with Crippen LogP contribution in [-0.2, 0) is 6.42 Å². The van der Waals surface area contributed by atoms with Gasteiger partial charge in [-0.1, -0.05) is 26.2 Å². The second-order valence-corrected chi connectivity index (χ2v) is 7.83. The van der Waals surface area contributed by atoms with Gasteiger partial charge in [0.1, 0.15) is 0 Å². The van der Waals surface area contributed by atoms with Crippen LogP contribution in [0.1, 0.15) is 61.8 Å². The minimum atomic E-state index is 0.350. The number of aromatic nitrogens is 1. The zero-order chi connectivity index (χ0) is 13.7. The van der Waals surface area contributed by atoms with Gasteiger partial charge in [-0.2, -0.15) is 0 Å². The normalized spacial score (nSPS) is 27.6. The van der Waals surface area contributed by atoms with E-state index in [0.29, 0.717) is 5.41 Å². The predicted molar refractivity (Wildman–Crippen MR) is 85.2 cm³/mol. The summed E-state index contributed by atoms with van der Waals surface area (Å²) in [5.74, 6) is 1.77. The average molecular weight is 300 g/mol. The summed E-state index contributed by atoms with van der Waals surface area (Å²) in [6.07, 6.45) is 12.7. The molecule has 108 valence electrons. The van der Waals surface area contributed by atoms with Crippen LogP contribution in [0, 0.1) is 18.3 Å². The molecule has 0 saturated heterocycles. The van der Waals surface area contributed by atoms with E-state index in [4.69, 9.17) is 11.6 Å². The number of alkyl halides is 1. The summed E-state index contributed by atoms with van der Waals surface area (Å²) in [4.78, 5) is 5.80. The zero-order valence-electron chi connectivity index (χ0n) is 12.3. The molecular formula is C16H26ClNS. The van der Waals surface area contributed by atoms with Gasteiger partial charge in [-0.3, -0.25) is 0 Å². The standard InChI is InChI=1S/C16H26ClNS/c1-3-4-5-14-6-8-16(12-17,9-7-14)10-15-11-18-13(2)19-15/h11,14H,3-10,12H2,1-2H3. The molecule has 1 aliphatic carbocycles. The second kappa shape index (κ2) is 7.08. The van der Waals surface area contributed by atoms with E-state index in [9.17, 15) is 0 Å². The van der Waals surface area contributed by atoms with E-state index in [2.05, 4.69) is 25.0 Å². The van der Waals surface area contributed by atoms with Crippen LogP contribution in [0.4, 0.5) is 0 Å². The van der Waals surface area contributed by atoms with Crippen LogP contribution in [0.5, 0.6) is 0 Å². The van der Waals surface area contributed by atoms with E-state index in [1.165, 1.54) is 54.8 Å². The largest absolute Gasteiger partial charge is 0.250 e. The maximum absolute atomic E-state index is 6.33. The maximum atomic E-state index is 6.33. The number of hydrogen-bond donors (Lipinski definition) is 0. The summed E-state index contributed by atoms with van der Waals surface area (Å²) in [6, 6.07) is 0. The summed E-state index contributed by atoms with van der Waals surface area (Å²) >= 11 is 8.17. The van der Waals surface area contributed by atoms with Crippen molar-refractivity contribution in [3.05, 3.63) is 16.1 Å². The summed E-state index contributed by atoms with van der Waals surface area (Å²) in [6.45, 7) is 4.38. The first-order chi connectivity index (χ1) is 9.17. The van der Waals surface area contributed by atoms with Gasteiger partial charge in [0.2, 0.25) is 0 Å². The van der Waals surface area contributed by atoms with Crippen LogP contribution in [-0.4, -0.2) is 10.9 Å². The monoisotopic (exact) mass is 299 g/mol. The van der Waals surface area contributed by atoms with Crippen LogP contribution >= 0.6 is 22.9 Å². The predicted octanol–water partition coefficient (Wildman–Crippen LogP) is 5.60. The number of thiazole rings is 1. The molecule has 1 aromatic heterocycles. The number of halogens is 1. The fraction of sp³-hybridized carbons (Fsp3) is 0.812. The number of rotatable bonds is 6. The van der Waals surface area contributed by atoms with Gasteiger partial charge in [-0.05, 0) is 50.4 Å². The van der Waals surface area contributed by atoms with Crippen molar-refractivity contribution >= 4 is 22.9 Å². The number of unbranched alkanes of at least 4 members (excludes halogenated alkanes) is 1. The molecule has 1 saturated carbocycles. The second-order valence-electron chi connectivity index (χ2n) is 6.24. The van der Waals surface area contributed by atoms with Crippen molar-refractivity contribution in [3.8, 4) is 0 Å². The molecule has 0 unspecified atom stereocenters. The van der Waals surface area contributed by atoms with E-state index in [-0.39, 0.29) is 0 Å². The molecule has 3 heteroatoms. The van der Waals surface area contributed by atoms with E-state index in [0.717, 1.165) is 18.2 Å². The number of aryl methyl sites for hydroxylation is 1. The lowest BCUT2D eigenvalue weighted by Crippen LogP contribution is -2.31. The molecule has 0 radical (unpaired) electrons. The Morgan fingerprint density at radius 3 is 2.68 bits per heavy atom. The van der Waals surface area contributed by atoms with Gasteiger partial charge >= 0.3 is 0 Å². The van der Waals surface area contributed by atoms with Gasteiger partial charge in [0.25, 0.3) is 0 Å². The Kier molecular flexibility index (Phi) is 5.70. The fourth-order valence-corrected chi connectivity index (χ4v) is 4.62. The third-order valence-corrected chi connectivity index (χ3v) is 6.11. The third-order valence-electron chi connectivity index (χ3n) is 4.63. The maximum Gasteiger partial charge on any atom is 0.0896 e. The van der Waals surface area contributed by atoms with E-state index >= 15 is 0 Å². The number of nitrogens with zero attached hydrogens (tertiary/aromatic N) is 1. The summed E-state index contributed by atoms with van der Waals surface area (Å²) < 4.78 is 0. The molecule has 0 N–H and O–H groups in total. The Morgan fingerprint density at radius 2 is 2.16 bits per heavy atom.